The predicted octanol–water partition coefficient (Wildman–Crippen LogP) is 1.95. The van der Waals surface area contributed by atoms with Crippen molar-refractivity contribution in [3.8, 4) is 0 Å². The topological polar surface area (TPSA) is 84.6 Å². The Hall–Kier alpha value is -2.08. The van der Waals surface area contributed by atoms with Crippen LogP contribution in [-0.4, -0.2) is 19.5 Å². The van der Waals surface area contributed by atoms with Crippen molar-refractivity contribution in [1.29, 1.82) is 0 Å². The molecule has 94 valence electrons. The second-order valence-electron chi connectivity index (χ2n) is 3.65. The number of hydrogen-bond acceptors (Lipinski definition) is 4. The molecule has 1 aromatic carbocycles. The van der Waals surface area contributed by atoms with Gasteiger partial charge in [-0.15, -0.1) is 0 Å². The summed E-state index contributed by atoms with van der Waals surface area (Å²) in [7, 11) is -3.56. The lowest BCUT2D eigenvalue weighted by Gasteiger charge is -2.03. The summed E-state index contributed by atoms with van der Waals surface area (Å²) in [5.41, 5.74) is 0.145. The third-order valence-corrected chi connectivity index (χ3v) is 4.07. The first-order valence-electron chi connectivity index (χ1n) is 5.08. The second kappa shape index (κ2) is 4.66. The lowest BCUT2D eigenvalue weighted by molar-refractivity contribution is 0.0661. The highest BCUT2D eigenvalue weighted by Crippen LogP contribution is 2.19. The van der Waals surface area contributed by atoms with Crippen LogP contribution >= 0.6 is 0 Å². The molecule has 6 heteroatoms. The number of carboxylic acids is 1. The van der Waals surface area contributed by atoms with Crippen LogP contribution in [0.1, 0.15) is 16.1 Å². The molecule has 0 saturated carbocycles. The van der Waals surface area contributed by atoms with E-state index in [4.69, 9.17) is 9.52 Å². The van der Waals surface area contributed by atoms with Gasteiger partial charge in [-0.1, -0.05) is 18.2 Å². The number of furan rings is 1. The van der Waals surface area contributed by atoms with Crippen molar-refractivity contribution in [3.63, 3.8) is 0 Å². The number of aromatic carboxylic acids is 1. The Morgan fingerprint density at radius 2 is 1.83 bits per heavy atom. The summed E-state index contributed by atoms with van der Waals surface area (Å²) in [6.07, 6.45) is 1.17. The van der Waals surface area contributed by atoms with Gasteiger partial charge < -0.3 is 9.52 Å². The number of hydrogen-bond donors (Lipinski definition) is 1. The van der Waals surface area contributed by atoms with Crippen LogP contribution in [0.25, 0.3) is 0 Å². The Kier molecular flexibility index (Phi) is 3.20. The van der Waals surface area contributed by atoms with Crippen molar-refractivity contribution in [1.82, 2.24) is 0 Å². The van der Waals surface area contributed by atoms with E-state index in [1.54, 1.807) is 18.2 Å². The van der Waals surface area contributed by atoms with Crippen molar-refractivity contribution in [2.24, 2.45) is 0 Å². The van der Waals surface area contributed by atoms with Crippen LogP contribution in [0.15, 0.2) is 52.0 Å². The van der Waals surface area contributed by atoms with Crippen LogP contribution in [0.3, 0.4) is 0 Å². The maximum atomic E-state index is 12.0. The molecule has 0 aliphatic carbocycles. The first kappa shape index (κ1) is 12.4. The molecule has 0 fully saturated rings. The summed E-state index contributed by atoms with van der Waals surface area (Å²) in [4.78, 5) is 11.0. The van der Waals surface area contributed by atoms with E-state index >= 15 is 0 Å². The van der Waals surface area contributed by atoms with Crippen LogP contribution < -0.4 is 0 Å². The zero-order valence-electron chi connectivity index (χ0n) is 9.24. The van der Waals surface area contributed by atoms with Crippen LogP contribution in [0, 0.1) is 0 Å². The van der Waals surface area contributed by atoms with E-state index in [0.717, 1.165) is 0 Å². The molecular weight excluding hydrogens is 256 g/mol. The van der Waals surface area contributed by atoms with Crippen molar-refractivity contribution in [2.75, 3.05) is 0 Å². The zero-order valence-corrected chi connectivity index (χ0v) is 10.1. The van der Waals surface area contributed by atoms with Gasteiger partial charge in [0, 0.05) is 5.56 Å². The summed E-state index contributed by atoms with van der Waals surface area (Å²) in [6.45, 7) is 0. The molecule has 1 aromatic heterocycles. The van der Waals surface area contributed by atoms with Gasteiger partial charge >= 0.3 is 5.97 Å². The fourth-order valence-corrected chi connectivity index (χ4v) is 2.93. The fourth-order valence-electron chi connectivity index (χ4n) is 1.55. The Morgan fingerprint density at radius 3 is 2.44 bits per heavy atom. The van der Waals surface area contributed by atoms with E-state index < -0.39 is 21.6 Å². The zero-order chi connectivity index (χ0) is 13.2. The van der Waals surface area contributed by atoms with Crippen molar-refractivity contribution in [2.45, 2.75) is 10.6 Å². The molecular formula is C12H10O5S. The SMILES string of the molecule is O=C(O)c1occc1CS(=O)(=O)c1ccccc1. The Morgan fingerprint density at radius 1 is 1.17 bits per heavy atom. The molecule has 2 aromatic rings. The molecule has 0 radical (unpaired) electrons. The van der Waals surface area contributed by atoms with Crippen molar-refractivity contribution >= 4 is 15.8 Å². The fraction of sp³-hybridized carbons (Fsp3) is 0.0833. The first-order chi connectivity index (χ1) is 8.50. The van der Waals surface area contributed by atoms with Gasteiger partial charge in [0.2, 0.25) is 5.76 Å². The average molecular weight is 266 g/mol. The number of benzene rings is 1. The molecule has 0 saturated heterocycles. The molecule has 5 nitrogen and oxygen atoms in total. The van der Waals surface area contributed by atoms with Crippen molar-refractivity contribution in [3.05, 3.63) is 54.0 Å². The monoisotopic (exact) mass is 266 g/mol. The Bertz CT molecular complexity index is 655. The minimum Gasteiger partial charge on any atom is -0.475 e. The number of sulfone groups is 1. The third-order valence-electron chi connectivity index (χ3n) is 2.39. The highest BCUT2D eigenvalue weighted by molar-refractivity contribution is 7.90. The first-order valence-corrected chi connectivity index (χ1v) is 6.73. The van der Waals surface area contributed by atoms with E-state index in [2.05, 4.69) is 0 Å². The highest BCUT2D eigenvalue weighted by atomic mass is 32.2. The normalized spacial score (nSPS) is 11.3. The summed E-state index contributed by atoms with van der Waals surface area (Å²) < 4.78 is 28.8. The van der Waals surface area contributed by atoms with Crippen LogP contribution in [0.4, 0.5) is 0 Å². The summed E-state index contributed by atoms with van der Waals surface area (Å²) in [5.74, 6) is -2.01. The average Bonchev–Trinajstić information content (AvgIpc) is 2.78. The van der Waals surface area contributed by atoms with Gasteiger partial charge in [-0.2, -0.15) is 0 Å². The molecule has 0 aliphatic heterocycles. The minimum absolute atomic E-state index is 0.145. The molecule has 0 atom stereocenters. The van der Waals surface area contributed by atoms with Gasteiger partial charge in [0.25, 0.3) is 0 Å². The van der Waals surface area contributed by atoms with Gasteiger partial charge in [-0.25, -0.2) is 13.2 Å². The number of carbonyl (C=O) groups is 1. The van der Waals surface area contributed by atoms with Crippen molar-refractivity contribution < 1.29 is 22.7 Å². The lowest BCUT2D eigenvalue weighted by atomic mass is 10.3. The third kappa shape index (κ3) is 2.43. The standard InChI is InChI=1S/C12H10O5S/c13-12(14)11-9(6-7-17-11)8-18(15,16)10-4-2-1-3-5-10/h1-7H,8H2,(H,13,14). The molecule has 18 heavy (non-hydrogen) atoms. The smallest absolute Gasteiger partial charge is 0.372 e. The largest absolute Gasteiger partial charge is 0.475 e. The van der Waals surface area contributed by atoms with E-state index in [-0.39, 0.29) is 16.2 Å². The lowest BCUT2D eigenvalue weighted by Crippen LogP contribution is -2.07. The Balaban J connectivity index is 2.34. The van der Waals surface area contributed by atoms with Gasteiger partial charge in [0.05, 0.1) is 16.9 Å². The van der Waals surface area contributed by atoms with Gasteiger partial charge in [-0.3, -0.25) is 0 Å². The Labute approximate surface area is 104 Å². The molecule has 0 unspecified atom stereocenters. The van der Waals surface area contributed by atoms with E-state index in [9.17, 15) is 13.2 Å². The minimum atomic E-state index is -3.56. The molecule has 0 amide bonds. The van der Waals surface area contributed by atoms with Gasteiger partial charge in [0.1, 0.15) is 0 Å². The second-order valence-corrected chi connectivity index (χ2v) is 5.64. The van der Waals surface area contributed by atoms with Crippen LogP contribution in [0.2, 0.25) is 0 Å². The van der Waals surface area contributed by atoms with Crippen LogP contribution in [0.5, 0.6) is 0 Å². The summed E-state index contributed by atoms with van der Waals surface area (Å²) in [6, 6.07) is 9.22. The number of rotatable bonds is 4. The van der Waals surface area contributed by atoms with E-state index in [1.807, 2.05) is 0 Å². The maximum absolute atomic E-state index is 12.0. The highest BCUT2D eigenvalue weighted by Gasteiger charge is 2.21. The number of carboxylic acid groups (broad SMARTS) is 1. The maximum Gasteiger partial charge on any atom is 0.372 e. The summed E-state index contributed by atoms with van der Waals surface area (Å²) >= 11 is 0. The molecule has 2 rings (SSSR count). The van der Waals surface area contributed by atoms with Gasteiger partial charge in [-0.05, 0) is 18.2 Å². The molecule has 0 bridgehead atoms. The molecule has 1 heterocycles. The van der Waals surface area contributed by atoms with Crippen LogP contribution in [-0.2, 0) is 15.6 Å². The molecule has 0 aliphatic rings. The van der Waals surface area contributed by atoms with Gasteiger partial charge in [0.15, 0.2) is 9.84 Å². The quantitative estimate of drug-likeness (QED) is 0.914. The molecule has 1 N–H and O–H groups in total. The van der Waals surface area contributed by atoms with E-state index in [0.29, 0.717) is 0 Å². The van der Waals surface area contributed by atoms with E-state index in [1.165, 1.54) is 24.5 Å². The predicted molar refractivity (Wildman–Crippen MR) is 63.0 cm³/mol. The summed E-state index contributed by atoms with van der Waals surface area (Å²) in [5, 5.41) is 8.83. The molecule has 0 spiro atoms.